The van der Waals surface area contributed by atoms with Crippen molar-refractivity contribution in [3.8, 4) is 0 Å². The number of carboxylic acid groups (broad SMARTS) is 1. The SMILES string of the molecule is C=C(C(=O)O)C(C)c1c2ccccc2cc2ccccc12. The summed E-state index contributed by atoms with van der Waals surface area (Å²) in [5.74, 6) is -1.18. The summed E-state index contributed by atoms with van der Waals surface area (Å²) in [6.07, 6.45) is 0. The van der Waals surface area contributed by atoms with Crippen molar-refractivity contribution >= 4 is 27.5 Å². The zero-order valence-electron chi connectivity index (χ0n) is 11.8. The van der Waals surface area contributed by atoms with Crippen molar-refractivity contribution < 1.29 is 9.90 Å². The van der Waals surface area contributed by atoms with Crippen molar-refractivity contribution in [2.24, 2.45) is 0 Å². The molecule has 21 heavy (non-hydrogen) atoms. The standard InChI is InChI=1S/C19H16O2/c1-12(13(2)19(20)21)18-16-9-5-3-7-14(16)11-15-8-4-6-10-17(15)18/h3-12H,2H2,1H3,(H,20,21). The van der Waals surface area contributed by atoms with Gasteiger partial charge in [-0.05, 0) is 33.2 Å². The lowest BCUT2D eigenvalue weighted by Gasteiger charge is -2.18. The molecule has 0 saturated carbocycles. The third-order valence-electron chi connectivity index (χ3n) is 4.04. The lowest BCUT2D eigenvalue weighted by Crippen LogP contribution is -2.08. The quantitative estimate of drug-likeness (QED) is 0.554. The minimum atomic E-state index is -0.945. The van der Waals surface area contributed by atoms with Crippen LogP contribution in [0.15, 0.2) is 66.7 Å². The van der Waals surface area contributed by atoms with Crippen LogP contribution < -0.4 is 0 Å². The van der Waals surface area contributed by atoms with Crippen LogP contribution in [0.3, 0.4) is 0 Å². The van der Waals surface area contributed by atoms with Crippen LogP contribution >= 0.6 is 0 Å². The average molecular weight is 276 g/mol. The van der Waals surface area contributed by atoms with Gasteiger partial charge in [0.2, 0.25) is 0 Å². The molecule has 3 rings (SSSR count). The Labute approximate surface area is 123 Å². The van der Waals surface area contributed by atoms with Crippen molar-refractivity contribution in [1.29, 1.82) is 0 Å². The molecule has 0 spiro atoms. The van der Waals surface area contributed by atoms with Crippen molar-refractivity contribution in [3.05, 3.63) is 72.3 Å². The molecule has 2 heteroatoms. The monoisotopic (exact) mass is 276 g/mol. The second-order valence-corrected chi connectivity index (χ2v) is 5.28. The highest BCUT2D eigenvalue weighted by atomic mass is 16.4. The molecule has 0 aromatic heterocycles. The van der Waals surface area contributed by atoms with E-state index < -0.39 is 5.97 Å². The van der Waals surface area contributed by atoms with Crippen molar-refractivity contribution in [3.63, 3.8) is 0 Å². The predicted molar refractivity (Wildman–Crippen MR) is 86.6 cm³/mol. The van der Waals surface area contributed by atoms with Gasteiger partial charge in [0.25, 0.3) is 0 Å². The molecule has 104 valence electrons. The summed E-state index contributed by atoms with van der Waals surface area (Å²) in [5, 5.41) is 13.7. The number of aliphatic carboxylic acids is 1. The van der Waals surface area contributed by atoms with Gasteiger partial charge in [0.1, 0.15) is 0 Å². The zero-order chi connectivity index (χ0) is 15.0. The molecule has 1 unspecified atom stereocenters. The second kappa shape index (κ2) is 5.06. The second-order valence-electron chi connectivity index (χ2n) is 5.28. The molecule has 0 saturated heterocycles. The summed E-state index contributed by atoms with van der Waals surface area (Å²) in [6, 6.07) is 18.3. The normalized spacial score (nSPS) is 12.4. The van der Waals surface area contributed by atoms with Crippen molar-refractivity contribution in [2.45, 2.75) is 12.8 Å². The Morgan fingerprint density at radius 3 is 1.95 bits per heavy atom. The van der Waals surface area contributed by atoms with E-state index in [0.717, 1.165) is 27.1 Å². The Balaban J connectivity index is 2.40. The number of hydrogen-bond donors (Lipinski definition) is 1. The number of carboxylic acids is 1. The maximum Gasteiger partial charge on any atom is 0.331 e. The first-order valence-corrected chi connectivity index (χ1v) is 6.92. The summed E-state index contributed by atoms with van der Waals surface area (Å²) in [5.41, 5.74) is 1.26. The molecule has 0 aliphatic carbocycles. The Morgan fingerprint density at radius 1 is 1.00 bits per heavy atom. The first kappa shape index (κ1) is 13.4. The lowest BCUT2D eigenvalue weighted by atomic mass is 9.86. The van der Waals surface area contributed by atoms with Crippen LogP contribution in [0.1, 0.15) is 18.4 Å². The van der Waals surface area contributed by atoms with Gasteiger partial charge in [0, 0.05) is 11.5 Å². The van der Waals surface area contributed by atoms with Gasteiger partial charge in [-0.15, -0.1) is 0 Å². The van der Waals surface area contributed by atoms with Gasteiger partial charge in [-0.3, -0.25) is 0 Å². The van der Waals surface area contributed by atoms with E-state index in [1.807, 2.05) is 43.3 Å². The average Bonchev–Trinajstić information content (AvgIpc) is 2.51. The van der Waals surface area contributed by atoms with Crippen molar-refractivity contribution in [2.75, 3.05) is 0 Å². The van der Waals surface area contributed by atoms with Gasteiger partial charge in [-0.25, -0.2) is 4.79 Å². The van der Waals surface area contributed by atoms with Crippen LogP contribution in [-0.4, -0.2) is 11.1 Å². The molecule has 0 aliphatic heterocycles. The predicted octanol–water partition coefficient (Wildman–Crippen LogP) is 4.74. The summed E-state index contributed by atoms with van der Waals surface area (Å²) >= 11 is 0. The summed E-state index contributed by atoms with van der Waals surface area (Å²) in [6.45, 7) is 5.65. The largest absolute Gasteiger partial charge is 0.478 e. The summed E-state index contributed by atoms with van der Waals surface area (Å²) in [4.78, 5) is 11.3. The van der Waals surface area contributed by atoms with E-state index in [4.69, 9.17) is 0 Å². The fourth-order valence-corrected chi connectivity index (χ4v) is 2.87. The molecule has 1 N–H and O–H groups in total. The van der Waals surface area contributed by atoms with Crippen molar-refractivity contribution in [1.82, 2.24) is 0 Å². The first-order chi connectivity index (χ1) is 10.1. The van der Waals surface area contributed by atoms with Gasteiger partial charge in [-0.2, -0.15) is 0 Å². The fraction of sp³-hybridized carbons (Fsp3) is 0.105. The summed E-state index contributed by atoms with van der Waals surface area (Å²) < 4.78 is 0. The van der Waals surface area contributed by atoms with E-state index in [9.17, 15) is 9.90 Å². The topological polar surface area (TPSA) is 37.3 Å². The van der Waals surface area contributed by atoms with Crippen LogP contribution in [0.4, 0.5) is 0 Å². The van der Waals surface area contributed by atoms with Crippen LogP contribution in [0, 0.1) is 0 Å². The molecule has 3 aromatic carbocycles. The molecule has 0 heterocycles. The minimum absolute atomic E-state index is 0.219. The third-order valence-corrected chi connectivity index (χ3v) is 4.04. The number of carbonyl (C=O) groups is 1. The van der Waals surface area contributed by atoms with Gasteiger partial charge in [-0.1, -0.05) is 62.0 Å². The highest BCUT2D eigenvalue weighted by Crippen LogP contribution is 2.36. The highest BCUT2D eigenvalue weighted by molar-refractivity contribution is 6.04. The molecule has 0 fully saturated rings. The molecule has 2 nitrogen and oxygen atoms in total. The smallest absolute Gasteiger partial charge is 0.331 e. The van der Waals surface area contributed by atoms with E-state index in [1.165, 1.54) is 0 Å². The lowest BCUT2D eigenvalue weighted by molar-refractivity contribution is -0.132. The Morgan fingerprint density at radius 2 is 1.48 bits per heavy atom. The number of hydrogen-bond acceptors (Lipinski definition) is 1. The Bertz CT molecular complexity index is 808. The molecular formula is C19H16O2. The van der Waals surface area contributed by atoms with E-state index in [-0.39, 0.29) is 11.5 Å². The molecule has 1 atom stereocenters. The van der Waals surface area contributed by atoms with Crippen LogP contribution in [0.2, 0.25) is 0 Å². The maximum atomic E-state index is 11.3. The van der Waals surface area contributed by atoms with Crippen LogP contribution in [-0.2, 0) is 4.79 Å². The Kier molecular flexibility index (Phi) is 3.22. The van der Waals surface area contributed by atoms with Gasteiger partial charge < -0.3 is 5.11 Å². The molecule has 0 radical (unpaired) electrons. The van der Waals surface area contributed by atoms with Gasteiger partial charge in [0.05, 0.1) is 0 Å². The fourth-order valence-electron chi connectivity index (χ4n) is 2.87. The number of benzene rings is 3. The number of fused-ring (bicyclic) bond motifs is 2. The highest BCUT2D eigenvalue weighted by Gasteiger charge is 2.20. The molecule has 0 amide bonds. The minimum Gasteiger partial charge on any atom is -0.478 e. The van der Waals surface area contributed by atoms with Gasteiger partial charge >= 0.3 is 5.97 Å². The first-order valence-electron chi connectivity index (χ1n) is 6.92. The van der Waals surface area contributed by atoms with Crippen LogP contribution in [0.5, 0.6) is 0 Å². The molecule has 3 aromatic rings. The molecular weight excluding hydrogens is 260 g/mol. The maximum absolute atomic E-state index is 11.3. The van der Waals surface area contributed by atoms with Crippen LogP contribution in [0.25, 0.3) is 21.5 Å². The van der Waals surface area contributed by atoms with E-state index in [1.54, 1.807) is 0 Å². The number of rotatable bonds is 3. The molecule has 0 bridgehead atoms. The summed E-state index contributed by atoms with van der Waals surface area (Å²) in [7, 11) is 0. The van der Waals surface area contributed by atoms with E-state index in [0.29, 0.717) is 0 Å². The molecule has 0 aliphatic rings. The van der Waals surface area contributed by atoms with E-state index >= 15 is 0 Å². The zero-order valence-corrected chi connectivity index (χ0v) is 11.8. The van der Waals surface area contributed by atoms with Gasteiger partial charge in [0.15, 0.2) is 0 Å². The van der Waals surface area contributed by atoms with E-state index in [2.05, 4.69) is 24.8 Å². The third kappa shape index (κ3) is 2.19. The Hall–Kier alpha value is -2.61.